The first-order chi connectivity index (χ1) is 23.2. The molecule has 2 nitrogen and oxygen atoms in total. The van der Waals surface area contributed by atoms with Crippen molar-refractivity contribution in [3.63, 3.8) is 0 Å². The van der Waals surface area contributed by atoms with Gasteiger partial charge < -0.3 is 9.47 Å². The van der Waals surface area contributed by atoms with Crippen LogP contribution in [0.2, 0.25) is 0 Å². The molecule has 3 atom stereocenters. The van der Waals surface area contributed by atoms with Gasteiger partial charge in [0.15, 0.2) is 0 Å². The van der Waals surface area contributed by atoms with Crippen LogP contribution in [0.15, 0.2) is 153 Å². The van der Waals surface area contributed by atoms with Crippen LogP contribution in [0.5, 0.6) is 11.5 Å². The third-order valence-electron chi connectivity index (χ3n) is 10.6. The summed E-state index contributed by atoms with van der Waals surface area (Å²) in [5.41, 5.74) is 11.6. The zero-order chi connectivity index (χ0) is 31.8. The van der Waals surface area contributed by atoms with Crippen molar-refractivity contribution in [1.82, 2.24) is 0 Å². The van der Waals surface area contributed by atoms with Gasteiger partial charge in [-0.1, -0.05) is 128 Å². The summed E-state index contributed by atoms with van der Waals surface area (Å²) < 4.78 is 11.8. The molecule has 3 aliphatic carbocycles. The molecule has 0 saturated heterocycles. The molecule has 8 rings (SSSR count). The number of hydrogen-bond acceptors (Lipinski definition) is 2. The topological polar surface area (TPSA) is 18.5 Å². The lowest BCUT2D eigenvalue weighted by atomic mass is 9.67. The van der Waals surface area contributed by atoms with Crippen molar-refractivity contribution in [2.24, 2.45) is 5.92 Å². The fourth-order valence-electron chi connectivity index (χ4n) is 8.69. The zero-order valence-electron chi connectivity index (χ0n) is 26.8. The maximum atomic E-state index is 5.92. The van der Waals surface area contributed by atoms with E-state index in [2.05, 4.69) is 141 Å². The maximum absolute atomic E-state index is 5.92. The standard InChI is InChI=1S/C45H40O2/c1-3-27-46-34-22-18-32(19-23-34)45(33-20-24-35(25-21-33)47-28-4-2)43-16-10-9-15-40(43)41-26-17-31(30-44(41)45)29-42-38-13-7-5-11-36(38)37-12-6-8-14-39(37)42/h3-7,9-13,15-26,30,37,39,42H,1-2,8,14,27-29H2. The van der Waals surface area contributed by atoms with E-state index in [0.29, 0.717) is 31.0 Å². The van der Waals surface area contributed by atoms with Gasteiger partial charge in [0.1, 0.15) is 24.7 Å². The van der Waals surface area contributed by atoms with E-state index < -0.39 is 5.41 Å². The van der Waals surface area contributed by atoms with Crippen LogP contribution in [0.3, 0.4) is 0 Å². The first kappa shape index (κ1) is 29.3. The van der Waals surface area contributed by atoms with E-state index in [9.17, 15) is 0 Å². The average molecular weight is 613 g/mol. The smallest absolute Gasteiger partial charge is 0.119 e. The molecule has 232 valence electrons. The van der Waals surface area contributed by atoms with Gasteiger partial charge in [0, 0.05) is 5.92 Å². The maximum Gasteiger partial charge on any atom is 0.119 e. The van der Waals surface area contributed by atoms with Gasteiger partial charge in [0.25, 0.3) is 0 Å². The number of ether oxygens (including phenoxy) is 2. The number of benzene rings is 5. The molecule has 2 heteroatoms. The van der Waals surface area contributed by atoms with Crippen molar-refractivity contribution in [1.29, 1.82) is 0 Å². The normalized spacial score (nSPS) is 19.6. The van der Waals surface area contributed by atoms with Gasteiger partial charge in [-0.05, 0) is 105 Å². The third-order valence-corrected chi connectivity index (χ3v) is 10.6. The Kier molecular flexibility index (Phi) is 7.65. The molecule has 3 aliphatic rings. The molecule has 0 radical (unpaired) electrons. The first-order valence-corrected chi connectivity index (χ1v) is 16.9. The predicted molar refractivity (Wildman–Crippen MR) is 193 cm³/mol. The Morgan fingerprint density at radius 1 is 0.660 bits per heavy atom. The fraction of sp³-hybridized carbons (Fsp3) is 0.200. The summed E-state index contributed by atoms with van der Waals surface area (Å²) in [7, 11) is 0. The molecule has 0 fully saturated rings. The first-order valence-electron chi connectivity index (χ1n) is 16.9. The van der Waals surface area contributed by atoms with Crippen molar-refractivity contribution >= 4 is 0 Å². The van der Waals surface area contributed by atoms with Gasteiger partial charge in [0.05, 0.1) is 5.41 Å². The van der Waals surface area contributed by atoms with Crippen LogP contribution in [0.4, 0.5) is 0 Å². The summed E-state index contributed by atoms with van der Waals surface area (Å²) in [6.07, 6.45) is 11.9. The van der Waals surface area contributed by atoms with Crippen molar-refractivity contribution in [2.45, 2.75) is 36.5 Å². The van der Waals surface area contributed by atoms with E-state index >= 15 is 0 Å². The lowest BCUT2D eigenvalue weighted by molar-refractivity contribution is 0.363. The van der Waals surface area contributed by atoms with Crippen LogP contribution in [-0.2, 0) is 11.8 Å². The Morgan fingerprint density at radius 2 is 1.28 bits per heavy atom. The Labute approximate surface area is 278 Å². The number of rotatable bonds is 10. The molecular weight excluding hydrogens is 572 g/mol. The second kappa shape index (κ2) is 12.3. The fourth-order valence-corrected chi connectivity index (χ4v) is 8.69. The highest BCUT2D eigenvalue weighted by atomic mass is 16.5. The zero-order valence-corrected chi connectivity index (χ0v) is 26.8. The van der Waals surface area contributed by atoms with Crippen LogP contribution >= 0.6 is 0 Å². The van der Waals surface area contributed by atoms with Crippen LogP contribution in [0, 0.1) is 5.92 Å². The second-order valence-corrected chi connectivity index (χ2v) is 13.1. The number of fused-ring (bicyclic) bond motifs is 6. The quantitative estimate of drug-likeness (QED) is 0.143. The summed E-state index contributed by atoms with van der Waals surface area (Å²) in [6.45, 7) is 8.60. The summed E-state index contributed by atoms with van der Waals surface area (Å²) in [4.78, 5) is 0. The monoisotopic (exact) mass is 612 g/mol. The second-order valence-electron chi connectivity index (χ2n) is 13.1. The van der Waals surface area contributed by atoms with Gasteiger partial charge in [-0.3, -0.25) is 0 Å². The molecule has 5 aromatic carbocycles. The number of allylic oxidation sites excluding steroid dienone is 2. The van der Waals surface area contributed by atoms with E-state index in [1.807, 2.05) is 0 Å². The molecule has 0 aliphatic heterocycles. The van der Waals surface area contributed by atoms with E-state index in [1.165, 1.54) is 62.9 Å². The van der Waals surface area contributed by atoms with Crippen molar-refractivity contribution in [3.05, 3.63) is 192 Å². The molecule has 0 saturated carbocycles. The molecule has 0 bridgehead atoms. The van der Waals surface area contributed by atoms with E-state index in [0.717, 1.165) is 17.9 Å². The van der Waals surface area contributed by atoms with Crippen LogP contribution in [0.25, 0.3) is 11.1 Å². The summed E-state index contributed by atoms with van der Waals surface area (Å²) >= 11 is 0. The molecule has 3 unspecified atom stereocenters. The third kappa shape index (κ3) is 4.86. The minimum absolute atomic E-state index is 0.480. The lowest BCUT2D eigenvalue weighted by Crippen LogP contribution is -2.28. The average Bonchev–Trinajstić information content (AvgIpc) is 3.60. The predicted octanol–water partition coefficient (Wildman–Crippen LogP) is 10.6. The molecule has 0 heterocycles. The molecular formula is C45H40O2. The Balaban J connectivity index is 1.29. The van der Waals surface area contributed by atoms with Crippen LogP contribution < -0.4 is 9.47 Å². The molecule has 0 spiro atoms. The number of hydrogen-bond donors (Lipinski definition) is 0. The minimum atomic E-state index is -0.500. The highest BCUT2D eigenvalue weighted by Crippen LogP contribution is 2.57. The summed E-state index contributed by atoms with van der Waals surface area (Å²) in [5, 5.41) is 0. The van der Waals surface area contributed by atoms with Gasteiger partial charge >= 0.3 is 0 Å². The van der Waals surface area contributed by atoms with Crippen LogP contribution in [-0.4, -0.2) is 13.2 Å². The van der Waals surface area contributed by atoms with Crippen LogP contribution in [0.1, 0.15) is 63.6 Å². The van der Waals surface area contributed by atoms with Gasteiger partial charge in [0.2, 0.25) is 0 Å². The largest absolute Gasteiger partial charge is 0.490 e. The van der Waals surface area contributed by atoms with Gasteiger partial charge in [-0.25, -0.2) is 0 Å². The molecule has 47 heavy (non-hydrogen) atoms. The SMILES string of the molecule is C=CCOc1ccc(C2(c3ccc(OCC=C)cc3)c3ccccc3-c3ccc(CC4c5ccccc5C5C=CCCC54)cc32)cc1. The Hall–Kier alpha value is -5.08. The molecule has 0 amide bonds. The summed E-state index contributed by atoms with van der Waals surface area (Å²) in [6, 6.07) is 42.8. The highest BCUT2D eigenvalue weighted by Gasteiger charge is 2.47. The van der Waals surface area contributed by atoms with Crippen molar-refractivity contribution in [2.75, 3.05) is 13.2 Å². The van der Waals surface area contributed by atoms with Gasteiger partial charge in [-0.15, -0.1) is 0 Å². The minimum Gasteiger partial charge on any atom is -0.490 e. The van der Waals surface area contributed by atoms with Gasteiger partial charge in [-0.2, -0.15) is 0 Å². The van der Waals surface area contributed by atoms with E-state index in [4.69, 9.17) is 9.47 Å². The Morgan fingerprint density at radius 3 is 1.96 bits per heavy atom. The van der Waals surface area contributed by atoms with Crippen molar-refractivity contribution < 1.29 is 9.47 Å². The molecule has 5 aromatic rings. The molecule has 0 N–H and O–H groups in total. The van der Waals surface area contributed by atoms with E-state index in [1.54, 1.807) is 12.2 Å². The highest BCUT2D eigenvalue weighted by molar-refractivity contribution is 5.86. The summed E-state index contributed by atoms with van der Waals surface area (Å²) in [5.74, 6) is 3.38. The van der Waals surface area contributed by atoms with Crippen molar-refractivity contribution in [3.8, 4) is 22.6 Å². The Bertz CT molecular complexity index is 1910. The molecule has 0 aromatic heterocycles. The van der Waals surface area contributed by atoms with E-state index in [-0.39, 0.29) is 0 Å². The lowest BCUT2D eigenvalue weighted by Gasteiger charge is -2.34.